The van der Waals surface area contributed by atoms with Gasteiger partial charge in [-0.05, 0) is 12.0 Å². The van der Waals surface area contributed by atoms with E-state index in [-0.39, 0.29) is 5.75 Å². The Bertz CT molecular complexity index is 227. The Morgan fingerprint density at radius 3 is 2.60 bits per heavy atom. The summed E-state index contributed by atoms with van der Waals surface area (Å²) in [6, 6.07) is 0. The quantitative estimate of drug-likeness (QED) is 0.356. The number of rotatable bonds is 4. The van der Waals surface area contributed by atoms with E-state index in [0.717, 1.165) is 6.42 Å². The van der Waals surface area contributed by atoms with Crippen molar-refractivity contribution >= 4 is 10.0 Å². The van der Waals surface area contributed by atoms with Crippen molar-refractivity contribution < 1.29 is 8.42 Å². The Labute approximate surface area is 59.7 Å². The van der Waals surface area contributed by atoms with Gasteiger partial charge in [-0.1, -0.05) is 13.3 Å². The van der Waals surface area contributed by atoms with E-state index >= 15 is 0 Å². The maximum Gasteiger partial charge on any atom is 0.235 e. The normalized spacial score (nSPS) is 10.5. The van der Waals surface area contributed by atoms with Crippen molar-refractivity contribution in [2.45, 2.75) is 19.8 Å². The highest BCUT2D eigenvalue weighted by molar-refractivity contribution is 7.89. The lowest BCUT2D eigenvalue weighted by Gasteiger charge is -1.91. The van der Waals surface area contributed by atoms with Gasteiger partial charge >= 0.3 is 0 Å². The standard InChI is InChI=1S/C4H9N3O2S/c1-2-3-4-10(8,9)7-6-5/h2-4H2,1H3. The molecule has 0 rings (SSSR count). The predicted molar refractivity (Wildman–Crippen MR) is 37.8 cm³/mol. The highest BCUT2D eigenvalue weighted by atomic mass is 32.2. The van der Waals surface area contributed by atoms with Gasteiger partial charge in [-0.2, -0.15) is 0 Å². The molecule has 0 spiro atoms. The molecule has 5 nitrogen and oxygen atoms in total. The van der Waals surface area contributed by atoms with Crippen LogP contribution in [-0.4, -0.2) is 14.2 Å². The Balaban J connectivity index is 4.02. The van der Waals surface area contributed by atoms with Gasteiger partial charge in [-0.25, -0.2) is 8.42 Å². The van der Waals surface area contributed by atoms with Crippen LogP contribution in [0.2, 0.25) is 0 Å². The molecule has 0 saturated heterocycles. The molecule has 0 unspecified atom stereocenters. The van der Waals surface area contributed by atoms with Crippen LogP contribution in [0.15, 0.2) is 4.52 Å². The number of azide groups is 1. The minimum Gasteiger partial charge on any atom is -0.221 e. The van der Waals surface area contributed by atoms with Crippen LogP contribution in [0.4, 0.5) is 0 Å². The maximum absolute atomic E-state index is 10.6. The van der Waals surface area contributed by atoms with Gasteiger partial charge in [0.2, 0.25) is 10.0 Å². The van der Waals surface area contributed by atoms with Gasteiger partial charge in [0.05, 0.1) is 5.75 Å². The lowest BCUT2D eigenvalue weighted by molar-refractivity contribution is 0.594. The Hall–Kier alpha value is -0.740. The molecule has 0 heterocycles. The fourth-order valence-electron chi connectivity index (χ4n) is 0.423. The highest BCUT2D eigenvalue weighted by Crippen LogP contribution is 1.97. The van der Waals surface area contributed by atoms with Crippen molar-refractivity contribution in [3.63, 3.8) is 0 Å². The topological polar surface area (TPSA) is 82.9 Å². The molecule has 0 saturated carbocycles. The van der Waals surface area contributed by atoms with Gasteiger partial charge in [0.1, 0.15) is 0 Å². The van der Waals surface area contributed by atoms with Crippen molar-refractivity contribution in [2.75, 3.05) is 5.75 Å². The first kappa shape index (κ1) is 9.26. The van der Waals surface area contributed by atoms with Gasteiger partial charge in [-0.3, -0.25) is 0 Å². The zero-order valence-electron chi connectivity index (χ0n) is 5.69. The monoisotopic (exact) mass is 163 g/mol. The summed E-state index contributed by atoms with van der Waals surface area (Å²) in [5.41, 5.74) is 7.78. The van der Waals surface area contributed by atoms with E-state index in [9.17, 15) is 8.42 Å². The minimum absolute atomic E-state index is 0.0481. The first-order valence-corrected chi connectivity index (χ1v) is 4.52. The van der Waals surface area contributed by atoms with Gasteiger partial charge in [0.15, 0.2) is 0 Å². The number of hydrogen-bond donors (Lipinski definition) is 0. The summed E-state index contributed by atoms with van der Waals surface area (Å²) in [6.45, 7) is 1.87. The smallest absolute Gasteiger partial charge is 0.221 e. The van der Waals surface area contributed by atoms with Crippen molar-refractivity contribution in [1.82, 2.24) is 0 Å². The zero-order valence-corrected chi connectivity index (χ0v) is 6.50. The second-order valence-electron chi connectivity index (χ2n) is 1.81. The molecule has 0 aliphatic carbocycles. The van der Waals surface area contributed by atoms with Crippen molar-refractivity contribution in [1.29, 1.82) is 0 Å². The molecule has 6 heteroatoms. The summed E-state index contributed by atoms with van der Waals surface area (Å²) >= 11 is 0. The molecule has 58 valence electrons. The van der Waals surface area contributed by atoms with E-state index in [0.29, 0.717) is 6.42 Å². The first-order chi connectivity index (χ1) is 4.62. The fourth-order valence-corrected chi connectivity index (χ4v) is 1.27. The molecular weight excluding hydrogens is 154 g/mol. The highest BCUT2D eigenvalue weighted by Gasteiger charge is 2.04. The third-order valence-corrected chi connectivity index (χ3v) is 2.04. The number of unbranched alkanes of at least 4 members (excludes halogenated alkanes) is 1. The van der Waals surface area contributed by atoms with E-state index in [4.69, 9.17) is 5.53 Å². The largest absolute Gasteiger partial charge is 0.235 e. The molecule has 0 aliphatic heterocycles. The molecular formula is C4H9N3O2S. The average Bonchev–Trinajstić information content (AvgIpc) is 1.84. The zero-order chi connectivity index (χ0) is 8.04. The SMILES string of the molecule is CCCCS(=O)(=O)N=[N+]=[N-]. The van der Waals surface area contributed by atoms with Crippen molar-refractivity contribution in [2.24, 2.45) is 4.52 Å². The maximum atomic E-state index is 10.6. The molecule has 0 aromatic heterocycles. The van der Waals surface area contributed by atoms with Crippen LogP contribution in [0.3, 0.4) is 0 Å². The summed E-state index contributed by atoms with van der Waals surface area (Å²) in [4.78, 5) is 2.20. The van der Waals surface area contributed by atoms with Crippen molar-refractivity contribution in [3.05, 3.63) is 10.4 Å². The third-order valence-electron chi connectivity index (χ3n) is 0.917. The Morgan fingerprint density at radius 2 is 2.20 bits per heavy atom. The van der Waals surface area contributed by atoms with E-state index in [1.165, 1.54) is 0 Å². The molecule has 0 aromatic rings. The molecule has 0 atom stereocenters. The first-order valence-electron chi connectivity index (χ1n) is 2.91. The van der Waals surface area contributed by atoms with Gasteiger partial charge in [0, 0.05) is 9.43 Å². The molecule has 0 fully saturated rings. The summed E-state index contributed by atoms with van der Waals surface area (Å²) in [5, 5.41) is 0. The van der Waals surface area contributed by atoms with Crippen LogP contribution >= 0.6 is 0 Å². The predicted octanol–water partition coefficient (Wildman–Crippen LogP) is 1.43. The molecule has 0 aromatic carbocycles. The number of nitrogens with zero attached hydrogens (tertiary/aromatic N) is 3. The second-order valence-corrected chi connectivity index (χ2v) is 3.55. The van der Waals surface area contributed by atoms with Crippen LogP contribution < -0.4 is 0 Å². The van der Waals surface area contributed by atoms with Gasteiger partial charge in [-0.15, -0.1) is 0 Å². The molecule has 0 amide bonds. The summed E-state index contributed by atoms with van der Waals surface area (Å²) in [7, 11) is -3.49. The van der Waals surface area contributed by atoms with E-state index in [2.05, 4.69) is 9.43 Å². The minimum atomic E-state index is -3.49. The number of sulfonamides is 1. The van der Waals surface area contributed by atoms with Crippen LogP contribution in [0.5, 0.6) is 0 Å². The Kier molecular flexibility index (Phi) is 3.83. The van der Waals surface area contributed by atoms with E-state index < -0.39 is 10.0 Å². The van der Waals surface area contributed by atoms with Crippen LogP contribution in [-0.2, 0) is 10.0 Å². The molecule has 0 aliphatic rings. The van der Waals surface area contributed by atoms with Gasteiger partial charge in [0.25, 0.3) is 0 Å². The Morgan fingerprint density at radius 1 is 1.60 bits per heavy atom. The fraction of sp³-hybridized carbons (Fsp3) is 1.00. The second kappa shape index (κ2) is 4.14. The molecule has 0 bridgehead atoms. The van der Waals surface area contributed by atoms with E-state index in [1.807, 2.05) is 6.92 Å². The summed E-state index contributed by atoms with van der Waals surface area (Å²) in [5.74, 6) is -0.0481. The average molecular weight is 163 g/mol. The summed E-state index contributed by atoms with van der Waals surface area (Å²) < 4.78 is 23.8. The third kappa shape index (κ3) is 4.17. The summed E-state index contributed by atoms with van der Waals surface area (Å²) in [6.07, 6.45) is 1.32. The lowest BCUT2D eigenvalue weighted by Crippen LogP contribution is -1.99. The molecule has 0 N–H and O–H groups in total. The van der Waals surface area contributed by atoms with Crippen LogP contribution in [0.25, 0.3) is 10.4 Å². The lowest BCUT2D eigenvalue weighted by atomic mass is 10.4. The molecule has 10 heavy (non-hydrogen) atoms. The molecule has 0 radical (unpaired) electrons. The van der Waals surface area contributed by atoms with Crippen LogP contribution in [0, 0.1) is 0 Å². The number of hydrogen-bond acceptors (Lipinski definition) is 2. The van der Waals surface area contributed by atoms with Gasteiger partial charge < -0.3 is 0 Å². The van der Waals surface area contributed by atoms with E-state index in [1.54, 1.807) is 0 Å². The van der Waals surface area contributed by atoms with Crippen molar-refractivity contribution in [3.8, 4) is 0 Å². The van der Waals surface area contributed by atoms with Crippen LogP contribution in [0.1, 0.15) is 19.8 Å².